The van der Waals surface area contributed by atoms with Gasteiger partial charge in [-0.1, -0.05) is 36.4 Å². The van der Waals surface area contributed by atoms with E-state index in [4.69, 9.17) is 0 Å². The fourth-order valence-corrected chi connectivity index (χ4v) is 4.39. The van der Waals surface area contributed by atoms with E-state index >= 15 is 0 Å². The molecule has 1 N–H and O–H groups in total. The predicted octanol–water partition coefficient (Wildman–Crippen LogP) is 6.12. The minimum atomic E-state index is -4.90. The van der Waals surface area contributed by atoms with E-state index in [9.17, 15) is 36.0 Å². The Balaban J connectivity index is 1.81. The summed E-state index contributed by atoms with van der Waals surface area (Å²) in [6.45, 7) is 4.40. The number of rotatable bonds is 6. The van der Waals surface area contributed by atoms with Crippen molar-refractivity contribution in [2.24, 2.45) is 4.40 Å². The van der Waals surface area contributed by atoms with Crippen molar-refractivity contribution < 1.29 is 30.8 Å². The molecule has 0 aliphatic heterocycles. The van der Waals surface area contributed by atoms with E-state index in [1.54, 1.807) is 30.3 Å². The summed E-state index contributed by atoms with van der Waals surface area (Å²) < 4.78 is 85.0. The van der Waals surface area contributed by atoms with Gasteiger partial charge in [-0.25, -0.2) is 17.5 Å². The molecule has 0 radical (unpaired) electrons. The molecule has 0 unspecified atom stereocenters. The molecule has 13 heteroatoms. The van der Waals surface area contributed by atoms with Gasteiger partial charge in [0.1, 0.15) is 11.5 Å². The molecule has 1 aromatic heterocycles. The van der Waals surface area contributed by atoms with Crippen molar-refractivity contribution in [1.29, 1.82) is 5.26 Å². The number of hydrogen-bond donors (Lipinski definition) is 1. The minimum absolute atomic E-state index is 0.00481. The smallest absolute Gasteiger partial charge is 0.318 e. The SMILES string of the molecule is CC(C)(C)S(=O)(=O)N=C(c1ccccc1)c1ccc(F)c(NC(=O)c2cc(C(F)(F)F)nn2-c2cccc(C#N)c2)c1. The second-order valence-electron chi connectivity index (χ2n) is 10.0. The Hall–Kier alpha value is -4.83. The van der Waals surface area contributed by atoms with E-state index in [-0.39, 0.29) is 22.5 Å². The number of nitrogens with one attached hydrogen (secondary N) is 1. The Labute approximate surface area is 239 Å². The van der Waals surface area contributed by atoms with Crippen molar-refractivity contribution in [3.8, 4) is 11.8 Å². The van der Waals surface area contributed by atoms with Crippen molar-refractivity contribution in [2.75, 3.05) is 5.32 Å². The van der Waals surface area contributed by atoms with Gasteiger partial charge < -0.3 is 5.32 Å². The third-order valence-electron chi connectivity index (χ3n) is 5.97. The molecule has 0 aliphatic rings. The summed E-state index contributed by atoms with van der Waals surface area (Å²) in [4.78, 5) is 13.3. The third kappa shape index (κ3) is 6.39. The average Bonchev–Trinajstić information content (AvgIpc) is 3.40. The maximum Gasteiger partial charge on any atom is 0.435 e. The molecule has 1 heterocycles. The van der Waals surface area contributed by atoms with Crippen LogP contribution in [0.3, 0.4) is 0 Å². The number of benzene rings is 3. The normalized spacial score (nSPS) is 12.6. The highest BCUT2D eigenvalue weighted by molar-refractivity contribution is 7.91. The molecule has 0 bridgehead atoms. The fourth-order valence-electron chi connectivity index (χ4n) is 3.67. The molecule has 3 aromatic carbocycles. The maximum atomic E-state index is 14.9. The van der Waals surface area contributed by atoms with Crippen molar-refractivity contribution >= 4 is 27.3 Å². The highest BCUT2D eigenvalue weighted by atomic mass is 32.2. The number of amides is 1. The number of sulfonamides is 1. The summed E-state index contributed by atoms with van der Waals surface area (Å²) in [5, 5.41) is 14.9. The zero-order valence-electron chi connectivity index (χ0n) is 22.4. The van der Waals surface area contributed by atoms with Gasteiger partial charge in [0, 0.05) is 17.2 Å². The van der Waals surface area contributed by atoms with Crippen LogP contribution in [0.2, 0.25) is 0 Å². The van der Waals surface area contributed by atoms with E-state index in [1.807, 2.05) is 6.07 Å². The summed E-state index contributed by atoms with van der Waals surface area (Å²) in [6, 6.07) is 19.4. The topological polar surface area (TPSA) is 117 Å². The number of nitrogens with zero attached hydrogens (tertiary/aromatic N) is 4. The van der Waals surface area contributed by atoms with E-state index < -0.39 is 49.7 Å². The first-order chi connectivity index (χ1) is 19.6. The summed E-state index contributed by atoms with van der Waals surface area (Å²) in [6.07, 6.45) is -4.90. The van der Waals surface area contributed by atoms with Crippen LogP contribution in [-0.4, -0.2) is 34.6 Å². The molecule has 42 heavy (non-hydrogen) atoms. The van der Waals surface area contributed by atoms with E-state index in [0.717, 1.165) is 12.1 Å². The van der Waals surface area contributed by atoms with Crippen LogP contribution in [0.25, 0.3) is 5.69 Å². The lowest BCUT2D eigenvalue weighted by Crippen LogP contribution is -2.27. The number of carbonyl (C=O) groups is 1. The van der Waals surface area contributed by atoms with Crippen LogP contribution in [0, 0.1) is 17.1 Å². The summed E-state index contributed by atoms with van der Waals surface area (Å²) in [7, 11) is -4.07. The Morgan fingerprint density at radius 1 is 0.952 bits per heavy atom. The van der Waals surface area contributed by atoms with E-state index in [2.05, 4.69) is 14.8 Å². The maximum absolute atomic E-state index is 14.9. The molecule has 0 aliphatic carbocycles. The van der Waals surface area contributed by atoms with Gasteiger partial charge in [0.25, 0.3) is 15.9 Å². The molecular weight excluding hydrogens is 574 g/mol. The zero-order valence-corrected chi connectivity index (χ0v) is 23.3. The minimum Gasteiger partial charge on any atom is -0.318 e. The first kappa shape index (κ1) is 30.1. The van der Waals surface area contributed by atoms with Crippen LogP contribution in [0.1, 0.15) is 53.6 Å². The van der Waals surface area contributed by atoms with E-state index in [1.165, 1.54) is 51.1 Å². The van der Waals surface area contributed by atoms with E-state index in [0.29, 0.717) is 16.3 Å². The largest absolute Gasteiger partial charge is 0.435 e. The van der Waals surface area contributed by atoms with Gasteiger partial charge in [0.15, 0.2) is 5.69 Å². The van der Waals surface area contributed by atoms with Gasteiger partial charge >= 0.3 is 6.18 Å². The molecule has 216 valence electrons. The van der Waals surface area contributed by atoms with Crippen LogP contribution in [0.15, 0.2) is 83.3 Å². The molecule has 8 nitrogen and oxygen atoms in total. The molecule has 0 fully saturated rings. The quantitative estimate of drug-likeness (QED) is 0.212. The number of carbonyl (C=O) groups excluding carboxylic acids is 1. The first-order valence-corrected chi connectivity index (χ1v) is 13.7. The average molecular weight is 598 g/mol. The number of hydrogen-bond acceptors (Lipinski definition) is 5. The molecule has 4 aromatic rings. The van der Waals surface area contributed by atoms with Crippen molar-refractivity contribution in [1.82, 2.24) is 9.78 Å². The second-order valence-corrected chi connectivity index (χ2v) is 12.4. The molecule has 0 saturated carbocycles. The monoisotopic (exact) mass is 597 g/mol. The summed E-state index contributed by atoms with van der Waals surface area (Å²) >= 11 is 0. The number of halogens is 4. The zero-order chi connectivity index (χ0) is 30.9. The van der Waals surface area contributed by atoms with Gasteiger partial charge in [0.05, 0.1) is 33.5 Å². The Kier molecular flexibility index (Phi) is 8.04. The lowest BCUT2D eigenvalue weighted by molar-refractivity contribution is -0.141. The van der Waals surface area contributed by atoms with Gasteiger partial charge in [-0.05, 0) is 57.2 Å². The Morgan fingerprint density at radius 2 is 1.64 bits per heavy atom. The van der Waals surface area contributed by atoms with Gasteiger partial charge in [-0.3, -0.25) is 4.79 Å². The highest BCUT2D eigenvalue weighted by Gasteiger charge is 2.36. The standard InChI is InChI=1S/C29H23F4N5O3S/c1-28(2,3)42(40,41)37-26(19-9-5-4-6-10-19)20-12-13-22(30)23(15-20)35-27(39)24-16-25(29(31,32)33)36-38(24)21-11-7-8-18(14-21)17-34/h4-16H,1-3H3,(H,35,39). The summed E-state index contributed by atoms with van der Waals surface area (Å²) in [5.41, 5.74) is -1.82. The molecule has 1 amide bonds. The van der Waals surface area contributed by atoms with Crippen LogP contribution in [-0.2, 0) is 16.2 Å². The molecule has 4 rings (SSSR count). The second kappa shape index (κ2) is 11.2. The van der Waals surface area contributed by atoms with Crippen LogP contribution < -0.4 is 5.32 Å². The molecule has 0 spiro atoms. The van der Waals surface area contributed by atoms with Crippen molar-refractivity contribution in [3.05, 3.63) is 113 Å². The number of aromatic nitrogens is 2. The molecule has 0 atom stereocenters. The van der Waals surface area contributed by atoms with Gasteiger partial charge in [-0.15, -0.1) is 0 Å². The Morgan fingerprint density at radius 3 is 2.26 bits per heavy atom. The fraction of sp³-hybridized carbons (Fsp3) is 0.172. The lowest BCUT2D eigenvalue weighted by atomic mass is 10.0. The first-order valence-electron chi connectivity index (χ1n) is 12.3. The van der Waals surface area contributed by atoms with Crippen LogP contribution >= 0.6 is 0 Å². The highest BCUT2D eigenvalue weighted by Crippen LogP contribution is 2.30. The molecular formula is C29H23F4N5O3S. The number of anilines is 1. The van der Waals surface area contributed by atoms with Gasteiger partial charge in [0.2, 0.25) is 0 Å². The van der Waals surface area contributed by atoms with Crippen LogP contribution in [0.4, 0.5) is 23.2 Å². The van der Waals surface area contributed by atoms with Gasteiger partial charge in [-0.2, -0.15) is 27.9 Å². The third-order valence-corrected chi connectivity index (χ3v) is 7.94. The number of alkyl halides is 3. The Bertz CT molecular complexity index is 1840. The van der Waals surface area contributed by atoms with Crippen LogP contribution in [0.5, 0.6) is 0 Å². The molecule has 0 saturated heterocycles. The number of nitriles is 1. The lowest BCUT2D eigenvalue weighted by Gasteiger charge is -2.17. The van der Waals surface area contributed by atoms with Crippen molar-refractivity contribution in [2.45, 2.75) is 31.7 Å². The van der Waals surface area contributed by atoms with Crippen molar-refractivity contribution in [3.63, 3.8) is 0 Å². The predicted molar refractivity (Wildman–Crippen MR) is 148 cm³/mol. The summed E-state index contributed by atoms with van der Waals surface area (Å²) in [5.74, 6) is -2.08.